The Balaban J connectivity index is 2.81. The second kappa shape index (κ2) is 7.06. The van der Waals surface area contributed by atoms with Crippen molar-refractivity contribution in [1.82, 2.24) is 10.2 Å². The highest BCUT2D eigenvalue weighted by Gasteiger charge is 2.37. The third-order valence-corrected chi connectivity index (χ3v) is 5.51. The number of nitrogens with one attached hydrogen (secondary N) is 1. The van der Waals surface area contributed by atoms with Crippen LogP contribution >= 0.6 is 0 Å². The van der Waals surface area contributed by atoms with E-state index < -0.39 is 15.9 Å². The average molecular weight is 304 g/mol. The topological polar surface area (TPSA) is 83.6 Å². The van der Waals surface area contributed by atoms with Gasteiger partial charge in [-0.25, -0.2) is 8.42 Å². The first-order valence-corrected chi connectivity index (χ1v) is 8.92. The van der Waals surface area contributed by atoms with Gasteiger partial charge in [0.15, 0.2) is 9.84 Å². The Morgan fingerprint density at radius 2 is 1.95 bits per heavy atom. The van der Waals surface area contributed by atoms with Crippen molar-refractivity contribution in [3.05, 3.63) is 0 Å². The molecule has 2 atom stereocenters. The monoisotopic (exact) mass is 304 g/mol. The number of carbonyl (C=O) groups excluding carboxylic acids is 2. The van der Waals surface area contributed by atoms with Crippen LogP contribution in [0.3, 0.4) is 0 Å². The van der Waals surface area contributed by atoms with Crippen LogP contribution in [0, 0.1) is 5.92 Å². The molecule has 1 heterocycles. The maximum Gasteiger partial charge on any atom is 0.243 e. The SMILES string of the molecule is CCCS(=O)(=O)CCN1C(=O)CNC(=O)C1C(C)CC. The van der Waals surface area contributed by atoms with Crippen LogP contribution in [0.15, 0.2) is 0 Å². The van der Waals surface area contributed by atoms with Crippen molar-refractivity contribution in [3.8, 4) is 0 Å². The number of nitrogens with zero attached hydrogens (tertiary/aromatic N) is 1. The summed E-state index contributed by atoms with van der Waals surface area (Å²) in [4.78, 5) is 25.3. The fraction of sp³-hybridized carbons (Fsp3) is 0.846. The summed E-state index contributed by atoms with van der Waals surface area (Å²) in [6.45, 7) is 5.71. The zero-order chi connectivity index (χ0) is 15.3. The molecule has 0 saturated carbocycles. The lowest BCUT2D eigenvalue weighted by Crippen LogP contribution is -2.61. The van der Waals surface area contributed by atoms with E-state index in [2.05, 4.69) is 5.32 Å². The Bertz CT molecular complexity index is 461. The molecule has 0 radical (unpaired) electrons. The second-order valence-electron chi connectivity index (χ2n) is 5.29. The lowest BCUT2D eigenvalue weighted by molar-refractivity contribution is -0.147. The van der Waals surface area contributed by atoms with Crippen LogP contribution in [0.2, 0.25) is 0 Å². The molecule has 1 rings (SSSR count). The van der Waals surface area contributed by atoms with E-state index in [-0.39, 0.29) is 42.3 Å². The largest absolute Gasteiger partial charge is 0.345 e. The van der Waals surface area contributed by atoms with Crippen molar-refractivity contribution in [2.24, 2.45) is 5.92 Å². The zero-order valence-electron chi connectivity index (χ0n) is 12.4. The average Bonchev–Trinajstić information content (AvgIpc) is 2.38. The van der Waals surface area contributed by atoms with Crippen LogP contribution < -0.4 is 5.32 Å². The first-order valence-electron chi connectivity index (χ1n) is 7.10. The molecule has 0 aromatic carbocycles. The van der Waals surface area contributed by atoms with E-state index >= 15 is 0 Å². The van der Waals surface area contributed by atoms with E-state index in [1.807, 2.05) is 13.8 Å². The Morgan fingerprint density at radius 3 is 2.50 bits per heavy atom. The molecule has 1 aliphatic rings. The van der Waals surface area contributed by atoms with E-state index in [9.17, 15) is 18.0 Å². The van der Waals surface area contributed by atoms with E-state index in [0.717, 1.165) is 6.42 Å². The standard InChI is InChI=1S/C13H24N2O4S/c1-4-7-20(18,19)8-6-15-11(16)9-14-13(17)12(15)10(3)5-2/h10,12H,4-9H2,1-3H3,(H,14,17). The van der Waals surface area contributed by atoms with E-state index in [4.69, 9.17) is 0 Å². The number of hydrogen-bond donors (Lipinski definition) is 1. The molecular formula is C13H24N2O4S. The zero-order valence-corrected chi connectivity index (χ0v) is 13.2. The van der Waals surface area contributed by atoms with Crippen LogP contribution in [-0.4, -0.2) is 55.8 Å². The summed E-state index contributed by atoms with van der Waals surface area (Å²) >= 11 is 0. The molecule has 1 aliphatic heterocycles. The fourth-order valence-corrected chi connectivity index (χ4v) is 3.67. The lowest BCUT2D eigenvalue weighted by Gasteiger charge is -2.38. The van der Waals surface area contributed by atoms with Gasteiger partial charge in [-0.1, -0.05) is 27.2 Å². The lowest BCUT2D eigenvalue weighted by atomic mass is 9.95. The van der Waals surface area contributed by atoms with E-state index in [1.54, 1.807) is 6.92 Å². The molecule has 0 aromatic rings. The van der Waals surface area contributed by atoms with Gasteiger partial charge in [-0.05, 0) is 12.3 Å². The Kier molecular flexibility index (Phi) is 5.98. The normalized spacial score (nSPS) is 21.8. The fourth-order valence-electron chi connectivity index (χ4n) is 2.37. The summed E-state index contributed by atoms with van der Waals surface area (Å²) in [5.74, 6) is -0.344. The molecule has 1 fully saturated rings. The highest BCUT2D eigenvalue weighted by Crippen LogP contribution is 2.18. The molecular weight excluding hydrogens is 280 g/mol. The summed E-state index contributed by atoms with van der Waals surface area (Å²) in [7, 11) is -3.15. The van der Waals surface area contributed by atoms with Gasteiger partial charge in [-0.2, -0.15) is 0 Å². The second-order valence-corrected chi connectivity index (χ2v) is 7.59. The van der Waals surface area contributed by atoms with Crippen LogP contribution in [0.25, 0.3) is 0 Å². The van der Waals surface area contributed by atoms with Crippen molar-refractivity contribution in [1.29, 1.82) is 0 Å². The van der Waals surface area contributed by atoms with Gasteiger partial charge in [0.2, 0.25) is 11.8 Å². The molecule has 7 heteroatoms. The van der Waals surface area contributed by atoms with Gasteiger partial charge in [0, 0.05) is 12.3 Å². The van der Waals surface area contributed by atoms with Crippen molar-refractivity contribution in [2.75, 3.05) is 24.6 Å². The van der Waals surface area contributed by atoms with Gasteiger partial charge >= 0.3 is 0 Å². The summed E-state index contributed by atoms with van der Waals surface area (Å²) in [5.41, 5.74) is 0. The van der Waals surface area contributed by atoms with Crippen LogP contribution in [0.1, 0.15) is 33.6 Å². The minimum Gasteiger partial charge on any atom is -0.345 e. The predicted molar refractivity (Wildman–Crippen MR) is 76.9 cm³/mol. The van der Waals surface area contributed by atoms with Crippen LogP contribution in [-0.2, 0) is 19.4 Å². The molecule has 1 saturated heterocycles. The summed E-state index contributed by atoms with van der Waals surface area (Å²) in [6.07, 6.45) is 1.31. The Hall–Kier alpha value is -1.11. The van der Waals surface area contributed by atoms with Gasteiger partial charge in [-0.15, -0.1) is 0 Å². The summed E-state index contributed by atoms with van der Waals surface area (Å²) in [6, 6.07) is -0.557. The quantitative estimate of drug-likeness (QED) is 0.727. The molecule has 6 nitrogen and oxygen atoms in total. The summed E-state index contributed by atoms with van der Waals surface area (Å²) < 4.78 is 23.5. The van der Waals surface area contributed by atoms with Gasteiger partial charge in [0.25, 0.3) is 0 Å². The molecule has 2 amide bonds. The minimum absolute atomic E-state index is 0.00753. The van der Waals surface area contributed by atoms with Crippen molar-refractivity contribution in [2.45, 2.75) is 39.7 Å². The number of amides is 2. The third-order valence-electron chi connectivity index (χ3n) is 3.68. The van der Waals surface area contributed by atoms with Crippen LogP contribution in [0.4, 0.5) is 0 Å². The van der Waals surface area contributed by atoms with E-state index in [1.165, 1.54) is 4.90 Å². The van der Waals surface area contributed by atoms with Crippen molar-refractivity contribution in [3.63, 3.8) is 0 Å². The van der Waals surface area contributed by atoms with Crippen LogP contribution in [0.5, 0.6) is 0 Å². The molecule has 0 spiro atoms. The molecule has 116 valence electrons. The number of piperazine rings is 1. The maximum atomic E-state index is 12.0. The highest BCUT2D eigenvalue weighted by molar-refractivity contribution is 7.91. The van der Waals surface area contributed by atoms with Gasteiger partial charge in [-0.3, -0.25) is 9.59 Å². The molecule has 0 bridgehead atoms. The number of sulfone groups is 1. The first kappa shape index (κ1) is 16.9. The third kappa shape index (κ3) is 4.19. The maximum absolute atomic E-state index is 12.0. The first-order chi connectivity index (χ1) is 9.32. The highest BCUT2D eigenvalue weighted by atomic mass is 32.2. The van der Waals surface area contributed by atoms with Gasteiger partial charge < -0.3 is 10.2 Å². The molecule has 20 heavy (non-hydrogen) atoms. The molecule has 2 unspecified atom stereocenters. The predicted octanol–water partition coefficient (Wildman–Crippen LogP) is 0.184. The molecule has 0 aliphatic carbocycles. The number of carbonyl (C=O) groups is 2. The van der Waals surface area contributed by atoms with E-state index in [0.29, 0.717) is 6.42 Å². The van der Waals surface area contributed by atoms with Crippen molar-refractivity contribution < 1.29 is 18.0 Å². The Labute approximate surface area is 120 Å². The van der Waals surface area contributed by atoms with Gasteiger partial charge in [0.05, 0.1) is 12.3 Å². The number of rotatable bonds is 7. The number of hydrogen-bond acceptors (Lipinski definition) is 4. The van der Waals surface area contributed by atoms with Gasteiger partial charge in [0.1, 0.15) is 6.04 Å². The smallest absolute Gasteiger partial charge is 0.243 e. The van der Waals surface area contributed by atoms with Crippen molar-refractivity contribution >= 4 is 21.7 Å². The minimum atomic E-state index is -3.15. The summed E-state index contributed by atoms with van der Waals surface area (Å²) in [5, 5.41) is 2.57. The molecule has 1 N–H and O–H groups in total. The molecule has 0 aromatic heterocycles. The Morgan fingerprint density at radius 1 is 1.30 bits per heavy atom.